The quantitative estimate of drug-likeness (QED) is 0.797. The number of amides is 2. The molecule has 160 valence electrons. The van der Waals surface area contributed by atoms with Gasteiger partial charge in [0.15, 0.2) is 0 Å². The summed E-state index contributed by atoms with van der Waals surface area (Å²) in [6.07, 6.45) is 1.49. The first kappa shape index (κ1) is 20.9. The number of carbonyl (C=O) groups excluding carboxylic acids is 2. The van der Waals surface area contributed by atoms with Gasteiger partial charge in [0.25, 0.3) is 0 Å². The van der Waals surface area contributed by atoms with Crippen LogP contribution in [0.2, 0.25) is 0 Å². The SMILES string of the molecule is CC(=O)N1CCC(C(=O)NCCN2Cc3ccccc3OC(c3ccsc3)C2)CC1. The second-order valence-corrected chi connectivity index (χ2v) is 8.86. The number of likely N-dealkylation sites (tertiary alicyclic amines) is 1. The first-order valence-corrected chi connectivity index (χ1v) is 11.6. The van der Waals surface area contributed by atoms with Gasteiger partial charge in [-0.05, 0) is 35.7 Å². The Balaban J connectivity index is 1.32. The van der Waals surface area contributed by atoms with E-state index in [-0.39, 0.29) is 23.8 Å². The number of rotatable bonds is 5. The zero-order valence-corrected chi connectivity index (χ0v) is 18.2. The molecule has 6 nitrogen and oxygen atoms in total. The highest BCUT2D eigenvalue weighted by molar-refractivity contribution is 7.07. The van der Waals surface area contributed by atoms with E-state index >= 15 is 0 Å². The number of nitrogens with zero attached hydrogens (tertiary/aromatic N) is 2. The maximum Gasteiger partial charge on any atom is 0.223 e. The van der Waals surface area contributed by atoms with Gasteiger partial charge in [0.2, 0.25) is 11.8 Å². The highest BCUT2D eigenvalue weighted by Crippen LogP contribution is 2.31. The normalized spacial score (nSPS) is 20.2. The summed E-state index contributed by atoms with van der Waals surface area (Å²) in [6.45, 7) is 5.93. The van der Waals surface area contributed by atoms with E-state index in [0.29, 0.717) is 19.6 Å². The van der Waals surface area contributed by atoms with E-state index in [1.807, 2.05) is 23.1 Å². The van der Waals surface area contributed by atoms with Crippen LogP contribution in [0.25, 0.3) is 0 Å². The maximum absolute atomic E-state index is 12.6. The lowest BCUT2D eigenvalue weighted by atomic mass is 9.96. The van der Waals surface area contributed by atoms with Crippen molar-refractivity contribution in [2.45, 2.75) is 32.4 Å². The van der Waals surface area contributed by atoms with E-state index in [4.69, 9.17) is 4.74 Å². The van der Waals surface area contributed by atoms with Crippen LogP contribution in [0.1, 0.15) is 37.0 Å². The van der Waals surface area contributed by atoms with Crippen molar-refractivity contribution < 1.29 is 14.3 Å². The van der Waals surface area contributed by atoms with Crippen molar-refractivity contribution in [2.75, 3.05) is 32.7 Å². The first-order valence-electron chi connectivity index (χ1n) is 10.6. The monoisotopic (exact) mass is 427 g/mol. The Kier molecular flexibility index (Phi) is 6.69. The van der Waals surface area contributed by atoms with Gasteiger partial charge in [-0.2, -0.15) is 11.3 Å². The van der Waals surface area contributed by atoms with E-state index in [1.165, 1.54) is 11.1 Å². The summed E-state index contributed by atoms with van der Waals surface area (Å²) in [5.74, 6) is 1.15. The molecule has 0 saturated carbocycles. The molecule has 0 aliphatic carbocycles. The van der Waals surface area contributed by atoms with Crippen molar-refractivity contribution in [3.8, 4) is 5.75 Å². The number of nitrogens with one attached hydrogen (secondary N) is 1. The van der Waals surface area contributed by atoms with Gasteiger partial charge >= 0.3 is 0 Å². The summed E-state index contributed by atoms with van der Waals surface area (Å²) < 4.78 is 6.33. The zero-order chi connectivity index (χ0) is 20.9. The van der Waals surface area contributed by atoms with Gasteiger partial charge in [-0.25, -0.2) is 0 Å². The predicted octanol–water partition coefficient (Wildman–Crippen LogP) is 3.06. The van der Waals surface area contributed by atoms with Crippen molar-refractivity contribution in [1.82, 2.24) is 15.1 Å². The summed E-state index contributed by atoms with van der Waals surface area (Å²) in [5.41, 5.74) is 2.38. The highest BCUT2D eigenvalue weighted by atomic mass is 32.1. The van der Waals surface area contributed by atoms with Crippen molar-refractivity contribution in [3.05, 3.63) is 52.2 Å². The number of fused-ring (bicyclic) bond motifs is 1. The molecule has 2 aliphatic heterocycles. The molecule has 0 bridgehead atoms. The van der Waals surface area contributed by atoms with Crippen LogP contribution in [0.3, 0.4) is 0 Å². The van der Waals surface area contributed by atoms with Gasteiger partial charge in [0, 0.05) is 63.2 Å². The first-order chi connectivity index (χ1) is 14.6. The van der Waals surface area contributed by atoms with E-state index < -0.39 is 0 Å². The largest absolute Gasteiger partial charge is 0.484 e. The molecule has 30 heavy (non-hydrogen) atoms. The Morgan fingerprint density at radius 3 is 2.73 bits per heavy atom. The lowest BCUT2D eigenvalue weighted by Gasteiger charge is -2.30. The third-order valence-electron chi connectivity index (χ3n) is 6.01. The summed E-state index contributed by atoms with van der Waals surface area (Å²) in [4.78, 5) is 28.2. The average molecular weight is 428 g/mol. The van der Waals surface area contributed by atoms with Crippen molar-refractivity contribution in [1.29, 1.82) is 0 Å². The summed E-state index contributed by atoms with van der Waals surface area (Å²) in [7, 11) is 0. The molecule has 3 heterocycles. The van der Waals surface area contributed by atoms with Crippen LogP contribution < -0.4 is 10.1 Å². The predicted molar refractivity (Wildman–Crippen MR) is 117 cm³/mol. The van der Waals surface area contributed by atoms with Gasteiger partial charge in [0.1, 0.15) is 11.9 Å². The molecule has 2 aliphatic rings. The minimum absolute atomic E-state index is 0.00680. The lowest BCUT2D eigenvalue weighted by molar-refractivity contribution is -0.133. The lowest BCUT2D eigenvalue weighted by Crippen LogP contribution is -2.44. The molecule has 1 unspecified atom stereocenters. The Morgan fingerprint density at radius 1 is 1.20 bits per heavy atom. The van der Waals surface area contributed by atoms with E-state index in [2.05, 4.69) is 33.1 Å². The molecule has 0 spiro atoms. The Morgan fingerprint density at radius 2 is 2.00 bits per heavy atom. The molecule has 1 saturated heterocycles. The van der Waals surface area contributed by atoms with Gasteiger partial charge < -0.3 is 15.0 Å². The molecule has 1 aromatic carbocycles. The number of ether oxygens (including phenoxy) is 1. The van der Waals surface area contributed by atoms with Crippen molar-refractivity contribution in [3.63, 3.8) is 0 Å². The number of piperidine rings is 1. The van der Waals surface area contributed by atoms with Crippen molar-refractivity contribution >= 4 is 23.2 Å². The second-order valence-electron chi connectivity index (χ2n) is 8.08. The average Bonchev–Trinajstić information content (AvgIpc) is 3.22. The Labute approximate surface area is 181 Å². The fraction of sp³-hybridized carbons (Fsp3) is 0.478. The number of hydrogen-bond acceptors (Lipinski definition) is 5. The Bertz CT molecular complexity index is 862. The van der Waals surface area contributed by atoms with Crippen LogP contribution in [0, 0.1) is 5.92 Å². The van der Waals surface area contributed by atoms with Gasteiger partial charge in [-0.3, -0.25) is 14.5 Å². The molecule has 1 aromatic heterocycles. The van der Waals surface area contributed by atoms with Crippen LogP contribution in [0.4, 0.5) is 0 Å². The van der Waals surface area contributed by atoms with Crippen molar-refractivity contribution in [2.24, 2.45) is 5.92 Å². The molecule has 2 amide bonds. The van der Waals surface area contributed by atoms with E-state index in [1.54, 1.807) is 18.3 Å². The molecule has 7 heteroatoms. The van der Waals surface area contributed by atoms with Crippen LogP contribution in [0.15, 0.2) is 41.1 Å². The number of hydrogen-bond donors (Lipinski definition) is 1. The maximum atomic E-state index is 12.6. The highest BCUT2D eigenvalue weighted by Gasteiger charge is 2.27. The number of thiophene rings is 1. The smallest absolute Gasteiger partial charge is 0.223 e. The molecule has 1 N–H and O–H groups in total. The molecular formula is C23H29N3O3S. The summed E-state index contributed by atoms with van der Waals surface area (Å²) >= 11 is 1.68. The fourth-order valence-electron chi connectivity index (χ4n) is 4.22. The minimum Gasteiger partial charge on any atom is -0.484 e. The number of para-hydroxylation sites is 1. The third kappa shape index (κ3) is 5.02. The van der Waals surface area contributed by atoms with E-state index in [9.17, 15) is 9.59 Å². The molecule has 4 rings (SSSR count). The number of carbonyl (C=O) groups is 2. The van der Waals surface area contributed by atoms with Crippen LogP contribution in [-0.2, 0) is 16.1 Å². The van der Waals surface area contributed by atoms with Gasteiger partial charge in [0.05, 0.1) is 0 Å². The third-order valence-corrected chi connectivity index (χ3v) is 6.71. The van der Waals surface area contributed by atoms with Gasteiger partial charge in [-0.15, -0.1) is 0 Å². The second kappa shape index (κ2) is 9.62. The molecule has 1 fully saturated rings. The molecular weight excluding hydrogens is 398 g/mol. The molecule has 1 atom stereocenters. The molecule has 2 aromatic rings. The summed E-state index contributed by atoms with van der Waals surface area (Å²) in [5, 5.41) is 7.34. The number of benzene rings is 1. The van der Waals surface area contributed by atoms with Crippen LogP contribution >= 0.6 is 11.3 Å². The fourth-order valence-corrected chi connectivity index (χ4v) is 4.92. The van der Waals surface area contributed by atoms with Gasteiger partial charge in [-0.1, -0.05) is 18.2 Å². The molecule has 0 radical (unpaired) electrons. The zero-order valence-electron chi connectivity index (χ0n) is 17.4. The van der Waals surface area contributed by atoms with E-state index in [0.717, 1.165) is 38.2 Å². The summed E-state index contributed by atoms with van der Waals surface area (Å²) in [6, 6.07) is 10.3. The minimum atomic E-state index is -0.00786. The van der Waals surface area contributed by atoms with Crippen LogP contribution in [-0.4, -0.2) is 54.3 Å². The Hall–Kier alpha value is -2.38. The van der Waals surface area contributed by atoms with Crippen LogP contribution in [0.5, 0.6) is 5.75 Å². The standard InChI is InChI=1S/C23H29N3O3S/c1-17(27)26-10-6-18(7-11-26)23(28)24-9-12-25-14-19-4-2-3-5-21(19)29-22(15-25)20-8-13-30-16-20/h2-5,8,13,16,18,22H,6-7,9-12,14-15H2,1H3,(H,24,28). The topological polar surface area (TPSA) is 61.9 Å².